The van der Waals surface area contributed by atoms with Crippen molar-refractivity contribution in [3.05, 3.63) is 47.3 Å². The molecule has 2 N–H and O–H groups in total. The van der Waals surface area contributed by atoms with E-state index < -0.39 is 11.5 Å². The summed E-state index contributed by atoms with van der Waals surface area (Å²) < 4.78 is 5.07. The highest BCUT2D eigenvalue weighted by atomic mass is 16.5. The quantitative estimate of drug-likeness (QED) is 0.867. The number of para-hydroxylation sites is 1. The summed E-state index contributed by atoms with van der Waals surface area (Å²) in [5.74, 6) is 0.114. The molecule has 3 aliphatic heterocycles. The summed E-state index contributed by atoms with van der Waals surface area (Å²) in [4.78, 5) is 28.7. The van der Waals surface area contributed by atoms with Gasteiger partial charge in [0, 0.05) is 23.4 Å². The minimum Gasteiger partial charge on any atom is -0.361 e. The number of carbonyl (C=O) groups excluding carboxylic acids is 2. The monoisotopic (exact) mass is 366 g/mol. The minimum absolute atomic E-state index is 0.0782. The highest BCUT2D eigenvalue weighted by molar-refractivity contribution is 6.09. The Morgan fingerprint density at radius 1 is 1.44 bits per heavy atom. The third-order valence-corrected chi connectivity index (χ3v) is 6.21. The molecule has 7 nitrogen and oxygen atoms in total. The number of aromatic nitrogens is 1. The molecule has 1 aromatic carbocycles. The van der Waals surface area contributed by atoms with E-state index >= 15 is 0 Å². The summed E-state index contributed by atoms with van der Waals surface area (Å²) in [7, 11) is 0. The topological polar surface area (TPSA) is 87.5 Å². The van der Waals surface area contributed by atoms with Crippen LogP contribution in [0.15, 0.2) is 34.9 Å². The van der Waals surface area contributed by atoms with Crippen molar-refractivity contribution >= 4 is 17.5 Å². The number of nitrogens with one attached hydrogen (secondary N) is 2. The van der Waals surface area contributed by atoms with Crippen LogP contribution in [0, 0.1) is 12.8 Å². The predicted octanol–water partition coefficient (Wildman–Crippen LogP) is 1.93. The lowest BCUT2D eigenvalue weighted by molar-refractivity contribution is -0.137. The SMILES string of the molecule is Cc1cc(CNC(=O)[C@H]2C[C@H]3CCCN3[C@]23C(=O)Nc2ccccc23)no1. The molecule has 3 atom stereocenters. The fraction of sp³-hybridized carbons (Fsp3) is 0.450. The molecule has 140 valence electrons. The van der Waals surface area contributed by atoms with Gasteiger partial charge in [-0.15, -0.1) is 0 Å². The minimum atomic E-state index is -0.901. The number of aryl methyl sites for hydroxylation is 1. The number of rotatable bonds is 3. The molecule has 1 spiro atoms. The number of anilines is 1. The summed E-state index contributed by atoms with van der Waals surface area (Å²) in [5, 5.41) is 9.93. The maximum Gasteiger partial charge on any atom is 0.250 e. The third kappa shape index (κ3) is 2.27. The normalized spacial score (nSPS) is 29.0. The van der Waals surface area contributed by atoms with Crippen molar-refractivity contribution < 1.29 is 14.1 Å². The lowest BCUT2D eigenvalue weighted by atomic mass is 9.78. The second-order valence-electron chi connectivity index (χ2n) is 7.69. The average Bonchev–Trinajstić information content (AvgIpc) is 3.39. The first-order chi connectivity index (χ1) is 13.1. The van der Waals surface area contributed by atoms with Crippen LogP contribution in [0.1, 0.15) is 36.3 Å². The second kappa shape index (κ2) is 5.92. The number of hydrogen-bond acceptors (Lipinski definition) is 5. The molecule has 5 rings (SSSR count). The van der Waals surface area contributed by atoms with E-state index in [9.17, 15) is 9.59 Å². The van der Waals surface area contributed by atoms with Crippen LogP contribution in [0.5, 0.6) is 0 Å². The zero-order valence-electron chi connectivity index (χ0n) is 15.2. The first kappa shape index (κ1) is 16.5. The molecule has 2 amide bonds. The van der Waals surface area contributed by atoms with Gasteiger partial charge in [-0.1, -0.05) is 23.4 Å². The fourth-order valence-corrected chi connectivity index (χ4v) is 5.18. The van der Waals surface area contributed by atoms with E-state index in [-0.39, 0.29) is 17.9 Å². The molecule has 2 aromatic rings. The fourth-order valence-electron chi connectivity index (χ4n) is 5.18. The van der Waals surface area contributed by atoms with Crippen LogP contribution in [-0.4, -0.2) is 34.5 Å². The van der Waals surface area contributed by atoms with Crippen molar-refractivity contribution in [2.75, 3.05) is 11.9 Å². The summed E-state index contributed by atoms with van der Waals surface area (Å²) in [5.41, 5.74) is 1.53. The summed E-state index contributed by atoms with van der Waals surface area (Å²) in [6.45, 7) is 2.97. The third-order valence-electron chi connectivity index (χ3n) is 6.21. The van der Waals surface area contributed by atoms with Crippen molar-refractivity contribution in [2.45, 2.75) is 44.3 Å². The van der Waals surface area contributed by atoms with Gasteiger partial charge in [0.15, 0.2) is 0 Å². The van der Waals surface area contributed by atoms with E-state index in [1.54, 1.807) is 6.07 Å². The van der Waals surface area contributed by atoms with Crippen LogP contribution in [0.25, 0.3) is 0 Å². The van der Waals surface area contributed by atoms with Crippen LogP contribution >= 0.6 is 0 Å². The van der Waals surface area contributed by atoms with Crippen LogP contribution in [0.3, 0.4) is 0 Å². The van der Waals surface area contributed by atoms with Crippen molar-refractivity contribution in [3.63, 3.8) is 0 Å². The van der Waals surface area contributed by atoms with Gasteiger partial charge in [0.25, 0.3) is 0 Å². The van der Waals surface area contributed by atoms with Crippen LogP contribution in [-0.2, 0) is 21.7 Å². The van der Waals surface area contributed by atoms with Gasteiger partial charge in [0.1, 0.15) is 17.0 Å². The molecule has 0 bridgehead atoms. The molecule has 3 aliphatic rings. The Balaban J connectivity index is 1.50. The first-order valence-electron chi connectivity index (χ1n) is 9.48. The molecular weight excluding hydrogens is 344 g/mol. The molecule has 0 unspecified atom stereocenters. The number of fused-ring (bicyclic) bond motifs is 4. The van der Waals surface area contributed by atoms with Crippen LogP contribution in [0.4, 0.5) is 5.69 Å². The Bertz CT molecular complexity index is 923. The first-order valence-corrected chi connectivity index (χ1v) is 9.48. The highest BCUT2D eigenvalue weighted by Crippen LogP contribution is 2.55. The lowest BCUT2D eigenvalue weighted by Gasteiger charge is -2.36. The van der Waals surface area contributed by atoms with E-state index in [1.807, 2.05) is 31.2 Å². The van der Waals surface area contributed by atoms with E-state index in [1.165, 1.54) is 0 Å². The van der Waals surface area contributed by atoms with E-state index in [4.69, 9.17) is 4.52 Å². The Kier molecular flexibility index (Phi) is 3.62. The van der Waals surface area contributed by atoms with Crippen molar-refractivity contribution in [1.29, 1.82) is 0 Å². The zero-order valence-corrected chi connectivity index (χ0v) is 15.2. The van der Waals surface area contributed by atoms with Crippen molar-refractivity contribution in [2.24, 2.45) is 5.92 Å². The maximum atomic E-state index is 13.2. The summed E-state index contributed by atoms with van der Waals surface area (Å²) in [6.07, 6.45) is 2.79. The molecule has 27 heavy (non-hydrogen) atoms. The molecule has 2 fully saturated rings. The van der Waals surface area contributed by atoms with Gasteiger partial charge < -0.3 is 15.2 Å². The van der Waals surface area contributed by atoms with Crippen molar-refractivity contribution in [3.8, 4) is 0 Å². The number of hydrogen-bond donors (Lipinski definition) is 2. The van der Waals surface area contributed by atoms with E-state index in [0.717, 1.165) is 30.6 Å². The largest absolute Gasteiger partial charge is 0.361 e. The van der Waals surface area contributed by atoms with Gasteiger partial charge in [-0.05, 0) is 38.8 Å². The second-order valence-corrected chi connectivity index (χ2v) is 7.69. The standard InChI is InChI=1S/C20H22N4O3/c1-12-9-13(23-27-12)11-21-18(25)16-10-14-5-4-8-24(14)20(16)15-6-2-3-7-17(15)22-19(20)26/h2-3,6-7,9,14,16H,4-5,8,10-11H2,1H3,(H,21,25)(H,22,26)/t14-,16-,20+/m1/s1. The summed E-state index contributed by atoms with van der Waals surface area (Å²) >= 11 is 0. The van der Waals surface area contributed by atoms with E-state index in [0.29, 0.717) is 24.4 Å². The molecule has 0 aliphatic carbocycles. The molecular formula is C20H22N4O3. The van der Waals surface area contributed by atoms with Crippen LogP contribution < -0.4 is 10.6 Å². The van der Waals surface area contributed by atoms with E-state index in [2.05, 4.69) is 20.7 Å². The Labute approximate surface area is 157 Å². The Morgan fingerprint density at radius 3 is 3.11 bits per heavy atom. The predicted molar refractivity (Wildman–Crippen MR) is 97.7 cm³/mol. The lowest BCUT2D eigenvalue weighted by Crippen LogP contribution is -2.54. The molecule has 7 heteroatoms. The average molecular weight is 366 g/mol. The Morgan fingerprint density at radius 2 is 2.30 bits per heavy atom. The van der Waals surface area contributed by atoms with Gasteiger partial charge in [0.05, 0.1) is 12.5 Å². The van der Waals surface area contributed by atoms with Gasteiger partial charge >= 0.3 is 0 Å². The van der Waals surface area contributed by atoms with Gasteiger partial charge in [-0.25, -0.2) is 0 Å². The zero-order chi connectivity index (χ0) is 18.6. The molecule has 4 heterocycles. The number of nitrogens with zero attached hydrogens (tertiary/aromatic N) is 2. The molecule has 0 saturated carbocycles. The number of carbonyl (C=O) groups is 2. The van der Waals surface area contributed by atoms with Gasteiger partial charge in [0.2, 0.25) is 11.8 Å². The maximum absolute atomic E-state index is 13.2. The van der Waals surface area contributed by atoms with Crippen molar-refractivity contribution in [1.82, 2.24) is 15.4 Å². The molecule has 2 saturated heterocycles. The highest BCUT2D eigenvalue weighted by Gasteiger charge is 2.65. The number of amides is 2. The smallest absolute Gasteiger partial charge is 0.250 e. The molecule has 0 radical (unpaired) electrons. The summed E-state index contributed by atoms with van der Waals surface area (Å²) in [6, 6.07) is 9.83. The van der Waals surface area contributed by atoms with Gasteiger partial charge in [-0.2, -0.15) is 0 Å². The van der Waals surface area contributed by atoms with Gasteiger partial charge in [-0.3, -0.25) is 14.5 Å². The van der Waals surface area contributed by atoms with Crippen LogP contribution in [0.2, 0.25) is 0 Å². The molecule has 1 aromatic heterocycles. The Hall–Kier alpha value is -2.67. The number of benzene rings is 1.